The van der Waals surface area contributed by atoms with Crippen LogP contribution in [0, 0.1) is 0 Å². The highest BCUT2D eigenvalue weighted by molar-refractivity contribution is 8.26. The van der Waals surface area contributed by atoms with Crippen LogP contribution < -0.4 is 10.2 Å². The van der Waals surface area contributed by atoms with Gasteiger partial charge in [-0.25, -0.2) is 0 Å². The van der Waals surface area contributed by atoms with E-state index < -0.39 is 30.3 Å². The van der Waals surface area contributed by atoms with Gasteiger partial charge in [-0.2, -0.15) is 0 Å². The van der Waals surface area contributed by atoms with Gasteiger partial charge in [0.15, 0.2) is 0 Å². The van der Waals surface area contributed by atoms with Gasteiger partial charge >= 0.3 is 0 Å². The Morgan fingerprint density at radius 1 is 1.26 bits per heavy atom. The molecule has 1 amide bonds. The third kappa shape index (κ3) is 4.17. The highest BCUT2D eigenvalue weighted by atomic mass is 32.2. The number of nitrogens with zero attached hydrogens (tertiary/aromatic N) is 1. The monoisotopic (exact) mass is 349 g/mol. The molecule has 6 nitrogen and oxygen atoms in total. The van der Waals surface area contributed by atoms with Gasteiger partial charge in [-0.3, -0.25) is 9.69 Å². The van der Waals surface area contributed by atoms with E-state index in [0.717, 1.165) is 22.2 Å². The van der Waals surface area contributed by atoms with Crippen molar-refractivity contribution in [1.82, 2.24) is 4.90 Å². The van der Waals surface area contributed by atoms with Gasteiger partial charge in [0.05, 0.1) is 16.9 Å². The van der Waals surface area contributed by atoms with Crippen molar-refractivity contribution in [3.05, 3.63) is 40.8 Å². The Balaban J connectivity index is 2.24. The van der Waals surface area contributed by atoms with E-state index in [0.29, 0.717) is 0 Å². The maximum atomic E-state index is 12.4. The summed E-state index contributed by atoms with van der Waals surface area (Å²) in [6, 6.07) is 7.58. The molecule has 0 unspecified atom stereocenters. The number of rotatable bonds is 6. The molecule has 0 aliphatic carbocycles. The lowest BCUT2D eigenvalue weighted by Crippen LogP contribution is -2.50. The van der Waals surface area contributed by atoms with Gasteiger partial charge in [0.1, 0.15) is 4.32 Å². The van der Waals surface area contributed by atoms with Crippen molar-refractivity contribution < 1.29 is 24.6 Å². The van der Waals surface area contributed by atoms with Crippen molar-refractivity contribution in [2.45, 2.75) is 18.9 Å². The molecule has 0 spiro atoms. The fraction of sp³-hybridized carbons (Fsp3) is 0.200. The predicted octanol–water partition coefficient (Wildman–Crippen LogP) is -0.464. The molecule has 1 fully saturated rings. The van der Waals surface area contributed by atoms with Crippen LogP contribution in [-0.4, -0.2) is 33.1 Å². The standard InChI is InChI=1S/C15H13NO5S2/c17-12(18)7-6-10(14(20)21)16-13(19)11(23-15(16)22)8-9-4-2-1-3-5-9/h1-5,8,10H,6-7H2,(H,17,18)(H,20,21)/p-2/b11-8+/t10-/m0/s1. The third-order valence-corrected chi connectivity index (χ3v) is 4.46. The van der Waals surface area contributed by atoms with E-state index in [1.165, 1.54) is 0 Å². The molecule has 120 valence electrons. The van der Waals surface area contributed by atoms with Crippen molar-refractivity contribution in [2.24, 2.45) is 0 Å². The number of benzene rings is 1. The van der Waals surface area contributed by atoms with Crippen molar-refractivity contribution >= 4 is 52.2 Å². The number of carbonyl (C=O) groups is 3. The number of aliphatic carboxylic acids is 2. The van der Waals surface area contributed by atoms with Crippen molar-refractivity contribution in [3.63, 3.8) is 0 Å². The lowest BCUT2D eigenvalue weighted by atomic mass is 10.1. The molecule has 23 heavy (non-hydrogen) atoms. The van der Waals surface area contributed by atoms with Crippen LogP contribution in [-0.2, 0) is 14.4 Å². The molecule has 8 heteroatoms. The number of carboxylic acid groups (broad SMARTS) is 2. The first-order chi connectivity index (χ1) is 10.9. The maximum Gasteiger partial charge on any atom is 0.266 e. The van der Waals surface area contributed by atoms with E-state index in [9.17, 15) is 24.6 Å². The zero-order chi connectivity index (χ0) is 17.0. The number of carboxylic acids is 2. The van der Waals surface area contributed by atoms with Crippen LogP contribution in [0.15, 0.2) is 35.2 Å². The summed E-state index contributed by atoms with van der Waals surface area (Å²) in [5.74, 6) is -3.53. The zero-order valence-corrected chi connectivity index (χ0v) is 13.4. The molecule has 1 aromatic rings. The number of thiocarbonyl (C=S) groups is 1. The molecular formula is C15H11NO5S2-2. The molecule has 2 rings (SSSR count). The van der Waals surface area contributed by atoms with Crippen molar-refractivity contribution in [3.8, 4) is 0 Å². The summed E-state index contributed by atoms with van der Waals surface area (Å²) in [5.41, 5.74) is 0.771. The van der Waals surface area contributed by atoms with Gasteiger partial charge < -0.3 is 19.8 Å². The van der Waals surface area contributed by atoms with Gasteiger partial charge in [0.2, 0.25) is 0 Å². The van der Waals surface area contributed by atoms with E-state index in [2.05, 4.69) is 0 Å². The van der Waals surface area contributed by atoms with E-state index >= 15 is 0 Å². The van der Waals surface area contributed by atoms with E-state index in [1.807, 2.05) is 6.07 Å². The SMILES string of the molecule is O=C([O-])CC[C@@H](C(=O)[O-])N1C(=O)/C(=C\c2ccccc2)SC1=S. The Morgan fingerprint density at radius 2 is 1.91 bits per heavy atom. The van der Waals surface area contributed by atoms with Crippen LogP contribution in [0.5, 0.6) is 0 Å². The Bertz CT molecular complexity index is 686. The van der Waals surface area contributed by atoms with Gasteiger partial charge in [-0.05, 0) is 24.5 Å². The molecule has 1 aliphatic heterocycles. The zero-order valence-electron chi connectivity index (χ0n) is 11.8. The van der Waals surface area contributed by atoms with Crippen LogP contribution in [0.4, 0.5) is 0 Å². The van der Waals surface area contributed by atoms with E-state index in [1.54, 1.807) is 30.3 Å². The lowest BCUT2D eigenvalue weighted by molar-refractivity contribution is -0.311. The highest BCUT2D eigenvalue weighted by Crippen LogP contribution is 2.34. The second kappa shape index (κ2) is 7.38. The van der Waals surface area contributed by atoms with Crippen LogP contribution in [0.25, 0.3) is 6.08 Å². The number of carbonyl (C=O) groups excluding carboxylic acids is 3. The van der Waals surface area contributed by atoms with Crippen molar-refractivity contribution in [2.75, 3.05) is 0 Å². The average molecular weight is 349 g/mol. The summed E-state index contributed by atoms with van der Waals surface area (Å²) in [6.45, 7) is 0. The molecule has 1 aliphatic rings. The molecule has 1 saturated heterocycles. The minimum absolute atomic E-state index is 0.0599. The molecular weight excluding hydrogens is 338 g/mol. The number of hydrogen-bond donors (Lipinski definition) is 0. The Labute approximate surface area is 141 Å². The Kier molecular flexibility index (Phi) is 5.51. The lowest BCUT2D eigenvalue weighted by Gasteiger charge is -2.27. The summed E-state index contributed by atoms with van der Waals surface area (Å²) < 4.78 is 0.0599. The molecule has 1 aromatic carbocycles. The van der Waals surface area contributed by atoms with Gasteiger partial charge in [0, 0.05) is 5.97 Å². The molecule has 0 saturated carbocycles. The van der Waals surface area contributed by atoms with Crippen molar-refractivity contribution in [1.29, 1.82) is 0 Å². The smallest absolute Gasteiger partial charge is 0.266 e. The second-order valence-corrected chi connectivity index (χ2v) is 6.38. The Hall–Kier alpha value is -2.19. The molecule has 0 bridgehead atoms. The first kappa shape index (κ1) is 17.2. The maximum absolute atomic E-state index is 12.4. The first-order valence-corrected chi connectivity index (χ1v) is 7.85. The number of amides is 1. The fourth-order valence-corrected chi connectivity index (χ4v) is 3.41. The number of hydrogen-bond acceptors (Lipinski definition) is 7. The molecule has 0 N–H and O–H groups in total. The summed E-state index contributed by atoms with van der Waals surface area (Å²) >= 11 is 6.03. The van der Waals surface area contributed by atoms with Crippen LogP contribution >= 0.6 is 24.0 Å². The van der Waals surface area contributed by atoms with Crippen LogP contribution in [0.2, 0.25) is 0 Å². The number of thioether (sulfide) groups is 1. The summed E-state index contributed by atoms with van der Waals surface area (Å²) in [7, 11) is 0. The predicted molar refractivity (Wildman–Crippen MR) is 84.5 cm³/mol. The van der Waals surface area contributed by atoms with Gasteiger partial charge in [0.25, 0.3) is 5.91 Å². The summed E-state index contributed by atoms with van der Waals surface area (Å²) in [4.78, 5) is 35.4. The quantitative estimate of drug-likeness (QED) is 0.506. The first-order valence-electron chi connectivity index (χ1n) is 6.63. The highest BCUT2D eigenvalue weighted by Gasteiger charge is 2.37. The molecule has 1 heterocycles. The van der Waals surface area contributed by atoms with Crippen LogP contribution in [0.3, 0.4) is 0 Å². The van der Waals surface area contributed by atoms with Gasteiger partial charge in [-0.15, -0.1) is 0 Å². The minimum Gasteiger partial charge on any atom is -0.550 e. The van der Waals surface area contributed by atoms with Crippen LogP contribution in [0.1, 0.15) is 18.4 Å². The molecule has 1 atom stereocenters. The Morgan fingerprint density at radius 3 is 2.48 bits per heavy atom. The summed E-state index contributed by atoms with van der Waals surface area (Å²) in [5, 5.41) is 21.8. The molecule has 0 aromatic heterocycles. The fourth-order valence-electron chi connectivity index (χ4n) is 2.06. The topological polar surface area (TPSA) is 101 Å². The van der Waals surface area contributed by atoms with Gasteiger partial charge in [-0.1, -0.05) is 54.3 Å². The second-order valence-electron chi connectivity index (χ2n) is 4.71. The normalized spacial score (nSPS) is 17.6. The summed E-state index contributed by atoms with van der Waals surface area (Å²) in [6.07, 6.45) is 0.771. The van der Waals surface area contributed by atoms with E-state index in [-0.39, 0.29) is 15.6 Å². The third-order valence-electron chi connectivity index (χ3n) is 3.13. The van der Waals surface area contributed by atoms with E-state index in [4.69, 9.17) is 12.2 Å². The molecule has 0 radical (unpaired) electrons. The minimum atomic E-state index is -1.55. The average Bonchev–Trinajstić information content (AvgIpc) is 2.75. The largest absolute Gasteiger partial charge is 0.550 e.